The monoisotopic (exact) mass is 463 g/mol. The van der Waals surface area contributed by atoms with Gasteiger partial charge in [-0.25, -0.2) is 0 Å². The number of aromatic nitrogens is 1. The molecular formula is C29H29N5O. The van der Waals surface area contributed by atoms with Crippen LogP contribution in [0.15, 0.2) is 97.0 Å². The van der Waals surface area contributed by atoms with Gasteiger partial charge in [-0.15, -0.1) is 0 Å². The second-order valence-electron chi connectivity index (χ2n) is 8.22. The van der Waals surface area contributed by atoms with E-state index in [0.717, 1.165) is 34.5 Å². The Bertz CT molecular complexity index is 1330. The summed E-state index contributed by atoms with van der Waals surface area (Å²) in [5.74, 6) is 0.849. The summed E-state index contributed by atoms with van der Waals surface area (Å²) in [7, 11) is 1.66. The normalized spacial score (nSPS) is 11.3. The molecule has 0 saturated heterocycles. The van der Waals surface area contributed by atoms with Crippen LogP contribution in [-0.2, 0) is 13.1 Å². The molecule has 0 fully saturated rings. The number of nitrogens with two attached hydrogens (primary N) is 2. The lowest BCUT2D eigenvalue weighted by atomic mass is 9.98. The molecular weight excluding hydrogens is 434 g/mol. The van der Waals surface area contributed by atoms with Gasteiger partial charge < -0.3 is 21.5 Å². The average Bonchev–Trinajstić information content (AvgIpc) is 2.89. The van der Waals surface area contributed by atoms with Gasteiger partial charge in [0.15, 0.2) is 0 Å². The Morgan fingerprint density at radius 1 is 0.943 bits per heavy atom. The highest BCUT2D eigenvalue weighted by atomic mass is 16.5. The largest absolute Gasteiger partial charge is 0.497 e. The predicted octanol–water partition coefficient (Wildman–Crippen LogP) is 5.00. The number of hydrogen-bond donors (Lipinski definition) is 4. The van der Waals surface area contributed by atoms with Crippen molar-refractivity contribution in [2.45, 2.75) is 13.1 Å². The van der Waals surface area contributed by atoms with Gasteiger partial charge in [0.1, 0.15) is 5.75 Å². The van der Waals surface area contributed by atoms with Crippen molar-refractivity contribution < 1.29 is 4.74 Å². The molecule has 4 aromatic rings. The minimum absolute atomic E-state index is 0.191. The van der Waals surface area contributed by atoms with Gasteiger partial charge in [-0.05, 0) is 58.7 Å². The van der Waals surface area contributed by atoms with Gasteiger partial charge in [0, 0.05) is 42.3 Å². The molecule has 1 heterocycles. The van der Waals surface area contributed by atoms with E-state index in [9.17, 15) is 0 Å². The molecule has 0 saturated carbocycles. The summed E-state index contributed by atoms with van der Waals surface area (Å²) >= 11 is 0. The fourth-order valence-electron chi connectivity index (χ4n) is 3.78. The highest BCUT2D eigenvalue weighted by Gasteiger charge is 2.11. The maximum atomic E-state index is 8.66. The topological polar surface area (TPSA) is 110 Å². The van der Waals surface area contributed by atoms with Crippen LogP contribution in [0.1, 0.15) is 22.3 Å². The Morgan fingerprint density at radius 3 is 2.49 bits per heavy atom. The van der Waals surface area contributed by atoms with Crippen molar-refractivity contribution in [1.29, 1.82) is 5.41 Å². The number of rotatable bonds is 9. The van der Waals surface area contributed by atoms with E-state index in [0.29, 0.717) is 23.5 Å². The molecule has 6 N–H and O–H groups in total. The number of hydrogen-bond acceptors (Lipinski definition) is 6. The van der Waals surface area contributed by atoms with Crippen LogP contribution in [0.2, 0.25) is 0 Å². The second-order valence-corrected chi connectivity index (χ2v) is 8.22. The summed E-state index contributed by atoms with van der Waals surface area (Å²) in [6.07, 6.45) is 5.32. The highest BCUT2D eigenvalue weighted by molar-refractivity contribution is 6.15. The first-order valence-corrected chi connectivity index (χ1v) is 11.3. The van der Waals surface area contributed by atoms with E-state index in [2.05, 4.69) is 22.4 Å². The molecule has 6 nitrogen and oxygen atoms in total. The van der Waals surface area contributed by atoms with Crippen LogP contribution in [0.25, 0.3) is 17.2 Å². The summed E-state index contributed by atoms with van der Waals surface area (Å²) in [6.45, 7) is 1.47. The maximum Gasteiger partial charge on any atom is 0.118 e. The van der Waals surface area contributed by atoms with Crippen molar-refractivity contribution in [2.24, 2.45) is 5.73 Å². The first kappa shape index (κ1) is 23.7. The first-order valence-electron chi connectivity index (χ1n) is 11.3. The zero-order chi connectivity index (χ0) is 24.6. The number of pyridine rings is 1. The third kappa shape index (κ3) is 6.13. The van der Waals surface area contributed by atoms with Gasteiger partial charge in [-0.2, -0.15) is 0 Å². The van der Waals surface area contributed by atoms with Crippen LogP contribution in [0, 0.1) is 5.41 Å². The minimum Gasteiger partial charge on any atom is -0.497 e. The number of ether oxygens (including phenoxy) is 1. The molecule has 176 valence electrons. The Kier molecular flexibility index (Phi) is 7.55. The van der Waals surface area contributed by atoms with Gasteiger partial charge in [0.25, 0.3) is 0 Å². The molecule has 0 aliphatic carbocycles. The molecule has 0 atom stereocenters. The summed E-state index contributed by atoms with van der Waals surface area (Å²) in [5.41, 5.74) is 19.3. The molecule has 0 aliphatic rings. The summed E-state index contributed by atoms with van der Waals surface area (Å²) in [6, 6.07) is 25.6. The summed E-state index contributed by atoms with van der Waals surface area (Å²) < 4.78 is 5.20. The molecule has 4 rings (SSSR count). The summed E-state index contributed by atoms with van der Waals surface area (Å²) in [5, 5.41) is 12.1. The van der Waals surface area contributed by atoms with Crippen LogP contribution in [0.3, 0.4) is 0 Å². The molecule has 0 bridgehead atoms. The van der Waals surface area contributed by atoms with Crippen molar-refractivity contribution in [2.75, 3.05) is 12.8 Å². The van der Waals surface area contributed by atoms with Gasteiger partial charge in [0.2, 0.25) is 0 Å². The number of benzene rings is 3. The lowest BCUT2D eigenvalue weighted by Gasteiger charge is -2.11. The zero-order valence-electron chi connectivity index (χ0n) is 19.7. The third-order valence-electron chi connectivity index (χ3n) is 5.70. The molecule has 0 radical (unpaired) electrons. The van der Waals surface area contributed by atoms with E-state index in [1.807, 2.05) is 66.7 Å². The zero-order valence-corrected chi connectivity index (χ0v) is 19.7. The molecule has 35 heavy (non-hydrogen) atoms. The highest BCUT2D eigenvalue weighted by Crippen LogP contribution is 2.25. The van der Waals surface area contributed by atoms with E-state index in [1.54, 1.807) is 25.6 Å². The smallest absolute Gasteiger partial charge is 0.118 e. The van der Waals surface area contributed by atoms with Crippen LogP contribution in [0.5, 0.6) is 5.75 Å². The molecule has 3 aromatic carbocycles. The fourth-order valence-corrected chi connectivity index (χ4v) is 3.78. The second kappa shape index (κ2) is 11.1. The van der Waals surface area contributed by atoms with Gasteiger partial charge >= 0.3 is 0 Å². The number of nitrogen functional groups attached to an aromatic ring is 1. The van der Waals surface area contributed by atoms with E-state index < -0.39 is 0 Å². The Labute approximate surface area is 205 Å². The Balaban J connectivity index is 1.45. The predicted molar refractivity (Wildman–Crippen MR) is 143 cm³/mol. The van der Waals surface area contributed by atoms with Crippen molar-refractivity contribution in [3.05, 3.63) is 119 Å². The Morgan fingerprint density at radius 2 is 1.74 bits per heavy atom. The Hall–Kier alpha value is -4.42. The number of allylic oxidation sites excluding steroid dienone is 1. The van der Waals surface area contributed by atoms with Crippen molar-refractivity contribution in [3.8, 4) is 16.9 Å². The van der Waals surface area contributed by atoms with E-state index in [4.69, 9.17) is 21.6 Å². The lowest BCUT2D eigenvalue weighted by molar-refractivity contribution is 0.414. The molecule has 0 aliphatic heterocycles. The van der Waals surface area contributed by atoms with Crippen LogP contribution in [0.4, 0.5) is 5.69 Å². The number of nitrogens with one attached hydrogen (secondary N) is 2. The standard InChI is InChI=1S/C29H29N5O/c1-35-25-10-7-20(8-11-25)17-34-18-22-5-2-4-21(14-22)15-28(31)29(32)26-16-23(9-12-27(26)30)24-6-3-13-33-19-24/h2-16,19,32,34H,17-18,30-31H2,1H3/b28-15-,32-29?. The van der Waals surface area contributed by atoms with Crippen LogP contribution in [-0.4, -0.2) is 17.8 Å². The van der Waals surface area contributed by atoms with E-state index in [-0.39, 0.29) is 5.71 Å². The maximum absolute atomic E-state index is 8.66. The van der Waals surface area contributed by atoms with Crippen molar-refractivity contribution >= 4 is 17.5 Å². The SMILES string of the molecule is COc1ccc(CNCc2cccc(/C=C(\N)C(=N)c3cc(-c4cccnc4)ccc3N)c2)cc1. The van der Waals surface area contributed by atoms with Crippen LogP contribution < -0.4 is 21.5 Å². The lowest BCUT2D eigenvalue weighted by Crippen LogP contribution is -2.14. The fraction of sp³-hybridized carbons (Fsp3) is 0.103. The molecule has 0 amide bonds. The third-order valence-corrected chi connectivity index (χ3v) is 5.70. The van der Waals surface area contributed by atoms with E-state index >= 15 is 0 Å². The number of nitrogens with zero attached hydrogens (tertiary/aromatic N) is 1. The molecule has 1 aromatic heterocycles. The molecule has 0 spiro atoms. The van der Waals surface area contributed by atoms with Crippen LogP contribution >= 0.6 is 0 Å². The molecule has 0 unspecified atom stereocenters. The number of methoxy groups -OCH3 is 1. The van der Waals surface area contributed by atoms with Gasteiger partial charge in [-0.1, -0.05) is 48.5 Å². The number of anilines is 1. The van der Waals surface area contributed by atoms with Crippen molar-refractivity contribution in [3.63, 3.8) is 0 Å². The first-order chi connectivity index (χ1) is 17.0. The average molecular weight is 464 g/mol. The van der Waals surface area contributed by atoms with Gasteiger partial charge in [-0.3, -0.25) is 10.4 Å². The quantitative estimate of drug-likeness (QED) is 0.206. The summed E-state index contributed by atoms with van der Waals surface area (Å²) in [4.78, 5) is 4.17. The van der Waals surface area contributed by atoms with E-state index in [1.165, 1.54) is 5.56 Å². The van der Waals surface area contributed by atoms with Crippen molar-refractivity contribution in [1.82, 2.24) is 10.3 Å². The minimum atomic E-state index is 0.191. The molecule has 6 heteroatoms. The van der Waals surface area contributed by atoms with Gasteiger partial charge in [0.05, 0.1) is 18.5 Å².